The minimum atomic E-state index is -1.01. The van der Waals surface area contributed by atoms with E-state index in [1.54, 1.807) is 6.20 Å². The molecule has 0 bridgehead atoms. The number of nitro groups is 1. The van der Waals surface area contributed by atoms with Gasteiger partial charge >= 0.3 is 16.9 Å². The number of hydrogen-bond donors (Lipinski definition) is 2. The number of nitrogens with zero attached hydrogens (tertiary/aromatic N) is 3. The van der Waals surface area contributed by atoms with Crippen molar-refractivity contribution in [2.24, 2.45) is 0 Å². The lowest BCUT2D eigenvalue weighted by molar-refractivity contribution is -0.386. The molecule has 0 spiro atoms. The zero-order chi connectivity index (χ0) is 14.7. The van der Waals surface area contributed by atoms with Crippen LogP contribution in [0.15, 0.2) is 22.0 Å². The molecule has 0 atom stereocenters. The molecular weight excluding hydrogens is 286 g/mol. The number of aromatic nitrogens is 3. The maximum absolute atomic E-state index is 11.6. The third kappa shape index (κ3) is 2.91. The Morgan fingerprint density at radius 1 is 1.55 bits per heavy atom. The van der Waals surface area contributed by atoms with Crippen molar-refractivity contribution in [3.05, 3.63) is 48.2 Å². The predicted octanol–water partition coefficient (Wildman–Crippen LogP) is 0.381. The monoisotopic (exact) mass is 297 g/mol. The Labute approximate surface area is 116 Å². The molecule has 2 N–H and O–H groups in total. The SMILES string of the molecule is CCNc1ncc(Cn2cc([N+](=O)[O-])c(=O)[nH]c2=O)s1. The molecule has 20 heavy (non-hydrogen) atoms. The highest BCUT2D eigenvalue weighted by molar-refractivity contribution is 7.15. The second-order valence-corrected chi connectivity index (χ2v) is 4.94. The highest BCUT2D eigenvalue weighted by Crippen LogP contribution is 2.18. The van der Waals surface area contributed by atoms with E-state index < -0.39 is 21.9 Å². The van der Waals surface area contributed by atoms with Gasteiger partial charge in [-0.3, -0.25) is 24.5 Å². The van der Waals surface area contributed by atoms with Crippen LogP contribution in [0.5, 0.6) is 0 Å². The zero-order valence-corrected chi connectivity index (χ0v) is 11.3. The summed E-state index contributed by atoms with van der Waals surface area (Å²) in [5, 5.41) is 14.4. The molecule has 0 aliphatic carbocycles. The van der Waals surface area contributed by atoms with Crippen molar-refractivity contribution < 1.29 is 4.92 Å². The van der Waals surface area contributed by atoms with E-state index in [1.807, 2.05) is 11.9 Å². The first-order valence-electron chi connectivity index (χ1n) is 5.68. The summed E-state index contributed by atoms with van der Waals surface area (Å²) in [6.45, 7) is 2.76. The summed E-state index contributed by atoms with van der Waals surface area (Å²) in [6.07, 6.45) is 2.51. The van der Waals surface area contributed by atoms with Gasteiger partial charge in [-0.1, -0.05) is 0 Å². The molecule has 106 valence electrons. The highest BCUT2D eigenvalue weighted by Gasteiger charge is 2.15. The Morgan fingerprint density at radius 2 is 2.30 bits per heavy atom. The molecule has 2 rings (SSSR count). The summed E-state index contributed by atoms with van der Waals surface area (Å²) in [6, 6.07) is 0. The number of H-pyrrole nitrogens is 1. The normalized spacial score (nSPS) is 10.4. The lowest BCUT2D eigenvalue weighted by Gasteiger charge is -2.01. The van der Waals surface area contributed by atoms with Crippen LogP contribution in [0, 0.1) is 10.1 Å². The molecule has 2 heterocycles. The number of nitrogens with one attached hydrogen (secondary N) is 2. The molecule has 9 nitrogen and oxygen atoms in total. The number of rotatable bonds is 5. The second kappa shape index (κ2) is 5.65. The number of aromatic amines is 1. The van der Waals surface area contributed by atoms with Crippen LogP contribution < -0.4 is 16.6 Å². The van der Waals surface area contributed by atoms with Crippen molar-refractivity contribution in [2.75, 3.05) is 11.9 Å². The third-order valence-corrected chi connectivity index (χ3v) is 3.34. The second-order valence-electron chi connectivity index (χ2n) is 3.82. The molecule has 0 aliphatic heterocycles. The van der Waals surface area contributed by atoms with Crippen molar-refractivity contribution in [2.45, 2.75) is 13.5 Å². The summed E-state index contributed by atoms with van der Waals surface area (Å²) < 4.78 is 1.07. The van der Waals surface area contributed by atoms with Gasteiger partial charge < -0.3 is 5.32 Å². The van der Waals surface area contributed by atoms with Crippen LogP contribution in [0.4, 0.5) is 10.8 Å². The lowest BCUT2D eigenvalue weighted by atomic mass is 10.5. The molecule has 0 amide bonds. The van der Waals surface area contributed by atoms with Crippen molar-refractivity contribution in [3.63, 3.8) is 0 Å². The summed E-state index contributed by atoms with van der Waals surface area (Å²) in [7, 11) is 0. The van der Waals surface area contributed by atoms with E-state index in [-0.39, 0.29) is 6.54 Å². The molecule has 10 heteroatoms. The van der Waals surface area contributed by atoms with E-state index in [4.69, 9.17) is 0 Å². The van der Waals surface area contributed by atoms with E-state index in [0.29, 0.717) is 5.13 Å². The van der Waals surface area contributed by atoms with E-state index in [9.17, 15) is 19.7 Å². The first-order chi connectivity index (χ1) is 9.51. The third-order valence-electron chi connectivity index (χ3n) is 2.40. The molecule has 0 unspecified atom stereocenters. The molecule has 2 aromatic rings. The molecule has 0 radical (unpaired) electrons. The van der Waals surface area contributed by atoms with Crippen molar-refractivity contribution in [3.8, 4) is 0 Å². The molecule has 2 aromatic heterocycles. The van der Waals surface area contributed by atoms with E-state index in [0.717, 1.165) is 22.2 Å². The van der Waals surface area contributed by atoms with Gasteiger partial charge in [-0.25, -0.2) is 9.78 Å². The van der Waals surface area contributed by atoms with E-state index >= 15 is 0 Å². The average molecular weight is 297 g/mol. The largest absolute Gasteiger partial charge is 0.362 e. The van der Waals surface area contributed by atoms with Gasteiger partial charge in [0.1, 0.15) is 0 Å². The lowest BCUT2D eigenvalue weighted by Crippen LogP contribution is -2.30. The van der Waals surface area contributed by atoms with Gasteiger partial charge in [0, 0.05) is 17.6 Å². The Balaban J connectivity index is 2.33. The predicted molar refractivity (Wildman–Crippen MR) is 73.4 cm³/mol. The molecule has 0 saturated heterocycles. The van der Waals surface area contributed by atoms with Gasteiger partial charge in [0.25, 0.3) is 0 Å². The van der Waals surface area contributed by atoms with Crippen LogP contribution in [0.3, 0.4) is 0 Å². The van der Waals surface area contributed by atoms with Crippen LogP contribution in [0.1, 0.15) is 11.8 Å². The Kier molecular flexibility index (Phi) is 3.94. The highest BCUT2D eigenvalue weighted by atomic mass is 32.1. The molecule has 0 saturated carbocycles. The first kappa shape index (κ1) is 13.9. The standard InChI is InChI=1S/C10H11N5O4S/c1-2-11-9-12-3-6(20-9)4-14-5-7(15(18)19)8(16)13-10(14)17/h3,5H,2,4H2,1H3,(H,11,12)(H,13,16,17). The summed E-state index contributed by atoms with van der Waals surface area (Å²) in [5.74, 6) is 0. The van der Waals surface area contributed by atoms with Crippen LogP contribution in [-0.2, 0) is 6.54 Å². The average Bonchev–Trinajstić information content (AvgIpc) is 2.80. The van der Waals surface area contributed by atoms with Gasteiger partial charge in [-0.05, 0) is 6.92 Å². The summed E-state index contributed by atoms with van der Waals surface area (Å²) >= 11 is 1.34. The maximum atomic E-state index is 11.6. The Morgan fingerprint density at radius 3 is 2.95 bits per heavy atom. The number of thiazole rings is 1. The van der Waals surface area contributed by atoms with Crippen molar-refractivity contribution in [1.82, 2.24) is 14.5 Å². The van der Waals surface area contributed by atoms with Crippen molar-refractivity contribution in [1.29, 1.82) is 0 Å². The van der Waals surface area contributed by atoms with E-state index in [1.165, 1.54) is 11.3 Å². The molecule has 0 aromatic carbocycles. The number of hydrogen-bond acceptors (Lipinski definition) is 7. The molecular formula is C10H11N5O4S. The Bertz CT molecular complexity index is 747. The summed E-state index contributed by atoms with van der Waals surface area (Å²) in [5.41, 5.74) is -2.37. The number of anilines is 1. The van der Waals surface area contributed by atoms with Gasteiger partial charge in [-0.15, -0.1) is 11.3 Å². The zero-order valence-electron chi connectivity index (χ0n) is 10.5. The minimum absolute atomic E-state index is 0.111. The van der Waals surface area contributed by atoms with Crippen LogP contribution >= 0.6 is 11.3 Å². The van der Waals surface area contributed by atoms with Gasteiger partial charge in [0.15, 0.2) is 5.13 Å². The maximum Gasteiger partial charge on any atom is 0.350 e. The van der Waals surface area contributed by atoms with Crippen LogP contribution in [0.25, 0.3) is 0 Å². The Hall–Kier alpha value is -2.49. The quantitative estimate of drug-likeness (QED) is 0.607. The van der Waals surface area contributed by atoms with Crippen molar-refractivity contribution >= 4 is 22.2 Å². The smallest absolute Gasteiger partial charge is 0.350 e. The molecule has 0 fully saturated rings. The minimum Gasteiger partial charge on any atom is -0.362 e. The fourth-order valence-electron chi connectivity index (χ4n) is 1.53. The first-order valence-corrected chi connectivity index (χ1v) is 6.49. The van der Waals surface area contributed by atoms with Gasteiger partial charge in [0.05, 0.1) is 17.7 Å². The topological polar surface area (TPSA) is 123 Å². The van der Waals surface area contributed by atoms with Crippen LogP contribution in [-0.4, -0.2) is 26.0 Å². The van der Waals surface area contributed by atoms with E-state index in [2.05, 4.69) is 10.3 Å². The van der Waals surface area contributed by atoms with Crippen LogP contribution in [0.2, 0.25) is 0 Å². The molecule has 0 aliphatic rings. The summed E-state index contributed by atoms with van der Waals surface area (Å²) in [4.78, 5) is 39.5. The fourth-order valence-corrected chi connectivity index (χ4v) is 2.41. The fraction of sp³-hybridized carbons (Fsp3) is 0.300. The van der Waals surface area contributed by atoms with Gasteiger partial charge in [-0.2, -0.15) is 0 Å². The van der Waals surface area contributed by atoms with Gasteiger partial charge in [0.2, 0.25) is 0 Å².